The summed E-state index contributed by atoms with van der Waals surface area (Å²) in [5, 5.41) is 0.645. The first-order valence-electron chi connectivity index (χ1n) is 5.99. The summed E-state index contributed by atoms with van der Waals surface area (Å²) in [6.07, 6.45) is 3.49. The van der Waals surface area contributed by atoms with Crippen LogP contribution in [0.5, 0.6) is 0 Å². The first-order valence-corrected chi connectivity index (χ1v) is 6.37. The summed E-state index contributed by atoms with van der Waals surface area (Å²) >= 11 is 6.18. The Morgan fingerprint density at radius 3 is 2.59 bits per heavy atom. The van der Waals surface area contributed by atoms with Gasteiger partial charge in [0.1, 0.15) is 5.76 Å². The lowest BCUT2D eigenvalue weighted by Crippen LogP contribution is -2.09. The molecule has 0 saturated carbocycles. The number of allylic oxidation sites excluding steroid dienone is 1. The van der Waals surface area contributed by atoms with E-state index in [1.807, 2.05) is 19.9 Å². The second-order valence-electron chi connectivity index (χ2n) is 3.93. The molecule has 2 N–H and O–H groups in total. The van der Waals surface area contributed by atoms with Crippen LogP contribution in [0.3, 0.4) is 0 Å². The zero-order valence-corrected chi connectivity index (χ0v) is 12.0. The van der Waals surface area contributed by atoms with E-state index in [0.29, 0.717) is 18.2 Å². The highest BCUT2D eigenvalue weighted by atomic mass is 35.5. The van der Waals surface area contributed by atoms with Gasteiger partial charge in [-0.05, 0) is 44.9 Å². The van der Waals surface area contributed by atoms with Gasteiger partial charge in [0.2, 0.25) is 0 Å². The molecule has 0 fully saturated rings. The summed E-state index contributed by atoms with van der Waals surface area (Å²) in [4.78, 5) is 0. The number of methoxy groups -OCH3 is 1. The summed E-state index contributed by atoms with van der Waals surface area (Å²) in [5.41, 5.74) is 6.60. The third-order valence-corrected chi connectivity index (χ3v) is 2.81. The average molecular weight is 262 g/mol. The summed E-state index contributed by atoms with van der Waals surface area (Å²) in [6, 6.07) is 0. The molecule has 3 nitrogen and oxygen atoms in total. The lowest BCUT2D eigenvalue weighted by molar-refractivity contribution is 0.0948. The number of ether oxygens (including phenoxy) is 2. The van der Waals surface area contributed by atoms with Crippen LogP contribution in [0.2, 0.25) is 0 Å². The molecule has 0 amide bonds. The first kappa shape index (κ1) is 16.5. The number of hydrogen-bond donors (Lipinski definition) is 1. The predicted molar refractivity (Wildman–Crippen MR) is 73.0 cm³/mol. The minimum atomic E-state index is -0.104. The van der Waals surface area contributed by atoms with Gasteiger partial charge in [0.15, 0.2) is 0 Å². The van der Waals surface area contributed by atoms with Crippen LogP contribution in [-0.4, -0.2) is 26.4 Å². The van der Waals surface area contributed by atoms with Gasteiger partial charge in [-0.2, -0.15) is 0 Å². The van der Waals surface area contributed by atoms with Gasteiger partial charge in [0, 0.05) is 6.61 Å². The van der Waals surface area contributed by atoms with E-state index in [9.17, 15) is 0 Å². The topological polar surface area (TPSA) is 44.5 Å². The van der Waals surface area contributed by atoms with Crippen LogP contribution in [0, 0.1) is 0 Å². The summed E-state index contributed by atoms with van der Waals surface area (Å²) < 4.78 is 10.8. The fourth-order valence-corrected chi connectivity index (χ4v) is 1.47. The minimum Gasteiger partial charge on any atom is -0.497 e. The monoisotopic (exact) mass is 261 g/mol. The highest BCUT2D eigenvalue weighted by Crippen LogP contribution is 2.18. The molecule has 0 heterocycles. The van der Waals surface area contributed by atoms with E-state index < -0.39 is 0 Å². The Balaban J connectivity index is 4.66. The summed E-state index contributed by atoms with van der Waals surface area (Å²) in [7, 11) is 1.63. The zero-order chi connectivity index (χ0) is 13.3. The summed E-state index contributed by atoms with van der Waals surface area (Å²) in [5.74, 6) is 0.771. The van der Waals surface area contributed by atoms with Gasteiger partial charge in [-0.15, -0.1) is 0 Å². The van der Waals surface area contributed by atoms with Gasteiger partial charge in [-0.3, -0.25) is 0 Å². The molecule has 0 bridgehead atoms. The first-order chi connectivity index (χ1) is 8.06. The molecule has 0 rings (SSSR count). The van der Waals surface area contributed by atoms with Gasteiger partial charge in [0.25, 0.3) is 0 Å². The molecule has 1 unspecified atom stereocenters. The van der Waals surface area contributed by atoms with Crippen LogP contribution in [0.25, 0.3) is 0 Å². The second kappa shape index (κ2) is 9.51. The molecule has 0 aromatic carbocycles. The Kier molecular flexibility index (Phi) is 9.23. The standard InChI is InChI=1S/C13H24ClNO2/c1-5-8-17-11(3)12(14)9-13(16-4)10(2)6-7-15/h9,11H,5-8,15H2,1-4H3/b12-9+,13-10-. The fraction of sp³-hybridized carbons (Fsp3) is 0.692. The van der Waals surface area contributed by atoms with E-state index in [-0.39, 0.29) is 6.10 Å². The average Bonchev–Trinajstić information content (AvgIpc) is 2.32. The molecular weight excluding hydrogens is 238 g/mol. The molecule has 0 aliphatic rings. The van der Waals surface area contributed by atoms with E-state index in [0.717, 1.165) is 24.2 Å². The summed E-state index contributed by atoms with van der Waals surface area (Å²) in [6.45, 7) is 7.30. The quantitative estimate of drug-likeness (QED) is 0.539. The Labute approximate surface area is 110 Å². The molecule has 0 aromatic rings. The Hall–Kier alpha value is -0.510. The SMILES string of the molecule is CCCOC(C)/C(Cl)=C\C(OC)=C(/C)CCN. The molecular formula is C13H24ClNO2. The molecule has 4 heteroatoms. The number of rotatable bonds is 8. The van der Waals surface area contributed by atoms with Crippen molar-refractivity contribution < 1.29 is 9.47 Å². The molecule has 1 atom stereocenters. The molecule has 0 saturated heterocycles. The fourth-order valence-electron chi connectivity index (χ4n) is 1.31. The van der Waals surface area contributed by atoms with E-state index >= 15 is 0 Å². The Morgan fingerprint density at radius 1 is 1.47 bits per heavy atom. The molecule has 100 valence electrons. The molecule has 0 spiro atoms. The van der Waals surface area contributed by atoms with Crippen LogP contribution in [0.15, 0.2) is 22.4 Å². The van der Waals surface area contributed by atoms with E-state index in [1.165, 1.54) is 0 Å². The second-order valence-corrected chi connectivity index (χ2v) is 4.37. The highest BCUT2D eigenvalue weighted by molar-refractivity contribution is 6.30. The van der Waals surface area contributed by atoms with Crippen molar-refractivity contribution in [1.29, 1.82) is 0 Å². The lowest BCUT2D eigenvalue weighted by Gasteiger charge is -2.13. The maximum Gasteiger partial charge on any atom is 0.119 e. The van der Waals surface area contributed by atoms with Crippen LogP contribution in [-0.2, 0) is 9.47 Å². The maximum atomic E-state index is 6.18. The van der Waals surface area contributed by atoms with Gasteiger partial charge >= 0.3 is 0 Å². The van der Waals surface area contributed by atoms with Crippen LogP contribution >= 0.6 is 11.6 Å². The lowest BCUT2D eigenvalue weighted by atomic mass is 10.1. The van der Waals surface area contributed by atoms with Gasteiger partial charge in [-0.25, -0.2) is 0 Å². The maximum absolute atomic E-state index is 6.18. The molecule has 0 radical (unpaired) electrons. The van der Waals surface area contributed by atoms with Gasteiger partial charge < -0.3 is 15.2 Å². The largest absolute Gasteiger partial charge is 0.497 e. The Morgan fingerprint density at radius 2 is 2.12 bits per heavy atom. The molecule has 17 heavy (non-hydrogen) atoms. The minimum absolute atomic E-state index is 0.104. The molecule has 0 aliphatic heterocycles. The zero-order valence-electron chi connectivity index (χ0n) is 11.3. The number of halogens is 1. The van der Waals surface area contributed by atoms with Gasteiger partial charge in [0.05, 0.1) is 18.2 Å². The van der Waals surface area contributed by atoms with Gasteiger partial charge in [-0.1, -0.05) is 18.5 Å². The Bertz CT molecular complexity index is 275. The van der Waals surface area contributed by atoms with Crippen LogP contribution in [0.1, 0.15) is 33.6 Å². The normalized spacial score (nSPS) is 15.5. The van der Waals surface area contributed by atoms with Crippen molar-refractivity contribution in [3.63, 3.8) is 0 Å². The molecule has 0 aromatic heterocycles. The van der Waals surface area contributed by atoms with Crippen LogP contribution < -0.4 is 5.73 Å². The predicted octanol–water partition coefficient (Wildman–Crippen LogP) is 3.19. The smallest absolute Gasteiger partial charge is 0.119 e. The van der Waals surface area contributed by atoms with Crippen LogP contribution in [0.4, 0.5) is 0 Å². The van der Waals surface area contributed by atoms with E-state index in [4.69, 9.17) is 26.8 Å². The van der Waals surface area contributed by atoms with Crippen molar-refractivity contribution in [3.8, 4) is 0 Å². The van der Waals surface area contributed by atoms with Crippen molar-refractivity contribution in [2.75, 3.05) is 20.3 Å². The van der Waals surface area contributed by atoms with E-state index in [2.05, 4.69) is 6.92 Å². The third-order valence-electron chi connectivity index (χ3n) is 2.39. The van der Waals surface area contributed by atoms with Crippen molar-refractivity contribution in [3.05, 3.63) is 22.4 Å². The third kappa shape index (κ3) is 6.71. The van der Waals surface area contributed by atoms with E-state index in [1.54, 1.807) is 7.11 Å². The number of nitrogens with two attached hydrogens (primary N) is 1. The van der Waals surface area contributed by atoms with Crippen molar-refractivity contribution in [1.82, 2.24) is 0 Å². The molecule has 0 aliphatic carbocycles. The van der Waals surface area contributed by atoms with Crippen molar-refractivity contribution >= 4 is 11.6 Å². The van der Waals surface area contributed by atoms with Crippen molar-refractivity contribution in [2.45, 2.75) is 39.7 Å². The van der Waals surface area contributed by atoms with Crippen molar-refractivity contribution in [2.24, 2.45) is 5.73 Å². The highest BCUT2D eigenvalue weighted by Gasteiger charge is 2.08. The number of hydrogen-bond acceptors (Lipinski definition) is 3.